The highest BCUT2D eigenvalue weighted by Gasteiger charge is 2.07. The first kappa shape index (κ1) is 12.0. The minimum Gasteiger partial charge on any atom is -0.378 e. The van der Waals surface area contributed by atoms with Crippen molar-refractivity contribution < 1.29 is 0 Å². The van der Waals surface area contributed by atoms with Crippen LogP contribution in [0.3, 0.4) is 0 Å². The first-order valence-electron chi connectivity index (χ1n) is 5.86. The van der Waals surface area contributed by atoms with Crippen molar-refractivity contribution in [3.8, 4) is 0 Å². The van der Waals surface area contributed by atoms with Crippen LogP contribution >= 0.6 is 11.6 Å². The van der Waals surface area contributed by atoms with Gasteiger partial charge in [0.2, 0.25) is 0 Å². The van der Waals surface area contributed by atoms with Crippen molar-refractivity contribution in [3.63, 3.8) is 0 Å². The quantitative estimate of drug-likeness (QED) is 0.808. The Bertz CT molecular complexity index is 450. The molecule has 0 saturated carbocycles. The summed E-state index contributed by atoms with van der Waals surface area (Å²) >= 11 is 5.87. The standard InChI is InChI=1S/C15H16ClN/c1-2-15(12-6-4-3-5-7-12)17-14-10-8-13(16)9-11-14/h3-11,15,17H,2H2,1H3. The number of anilines is 1. The highest BCUT2D eigenvalue weighted by Crippen LogP contribution is 2.23. The molecule has 2 rings (SSSR count). The van der Waals surface area contributed by atoms with Crippen molar-refractivity contribution in [2.24, 2.45) is 0 Å². The molecule has 1 nitrogen and oxygen atoms in total. The van der Waals surface area contributed by atoms with E-state index < -0.39 is 0 Å². The van der Waals surface area contributed by atoms with Gasteiger partial charge in [0.1, 0.15) is 0 Å². The molecule has 0 bridgehead atoms. The molecule has 1 N–H and O–H groups in total. The van der Waals surface area contributed by atoms with Gasteiger partial charge in [-0.05, 0) is 36.2 Å². The third-order valence-corrected chi connectivity index (χ3v) is 3.05. The largest absolute Gasteiger partial charge is 0.378 e. The Morgan fingerprint density at radius 1 is 1.00 bits per heavy atom. The van der Waals surface area contributed by atoms with Crippen LogP contribution in [0.25, 0.3) is 0 Å². The molecule has 88 valence electrons. The maximum Gasteiger partial charge on any atom is 0.0511 e. The first-order valence-corrected chi connectivity index (χ1v) is 6.24. The van der Waals surface area contributed by atoms with Gasteiger partial charge < -0.3 is 5.32 Å². The summed E-state index contributed by atoms with van der Waals surface area (Å²) in [5, 5.41) is 4.28. The van der Waals surface area contributed by atoms with E-state index in [9.17, 15) is 0 Å². The number of rotatable bonds is 4. The Morgan fingerprint density at radius 3 is 2.24 bits per heavy atom. The molecule has 1 atom stereocenters. The van der Waals surface area contributed by atoms with Crippen molar-refractivity contribution in [1.29, 1.82) is 0 Å². The SMILES string of the molecule is CCC(Nc1ccc(Cl)cc1)c1ccccc1. The van der Waals surface area contributed by atoms with Crippen molar-refractivity contribution in [1.82, 2.24) is 0 Å². The van der Waals surface area contributed by atoms with E-state index in [0.29, 0.717) is 6.04 Å². The first-order chi connectivity index (χ1) is 8.29. The molecule has 0 fully saturated rings. The average Bonchev–Trinajstić information content (AvgIpc) is 2.39. The van der Waals surface area contributed by atoms with Gasteiger partial charge in [0, 0.05) is 10.7 Å². The predicted molar refractivity (Wildman–Crippen MR) is 74.5 cm³/mol. The van der Waals surface area contributed by atoms with Gasteiger partial charge in [-0.2, -0.15) is 0 Å². The van der Waals surface area contributed by atoms with Crippen LogP contribution in [0.15, 0.2) is 54.6 Å². The molecule has 0 radical (unpaired) electrons. The maximum absolute atomic E-state index is 5.87. The molecule has 1 unspecified atom stereocenters. The fourth-order valence-electron chi connectivity index (χ4n) is 1.85. The number of nitrogens with one attached hydrogen (secondary N) is 1. The van der Waals surface area contributed by atoms with E-state index in [2.05, 4.69) is 36.5 Å². The summed E-state index contributed by atoms with van der Waals surface area (Å²) in [6.45, 7) is 2.18. The normalized spacial score (nSPS) is 12.1. The van der Waals surface area contributed by atoms with Crippen LogP contribution in [0.2, 0.25) is 5.02 Å². The molecule has 2 heteroatoms. The van der Waals surface area contributed by atoms with Gasteiger partial charge in [0.15, 0.2) is 0 Å². The lowest BCUT2D eigenvalue weighted by Crippen LogP contribution is -2.09. The van der Waals surface area contributed by atoms with Crippen molar-refractivity contribution in [2.75, 3.05) is 5.32 Å². The lowest BCUT2D eigenvalue weighted by Gasteiger charge is -2.18. The summed E-state index contributed by atoms with van der Waals surface area (Å²) < 4.78 is 0. The molecule has 0 aliphatic carbocycles. The van der Waals surface area contributed by atoms with Gasteiger partial charge >= 0.3 is 0 Å². The summed E-state index contributed by atoms with van der Waals surface area (Å²) in [7, 11) is 0. The van der Waals surface area contributed by atoms with Crippen LogP contribution in [0.5, 0.6) is 0 Å². The van der Waals surface area contributed by atoms with E-state index in [1.807, 2.05) is 30.3 Å². The number of benzene rings is 2. The topological polar surface area (TPSA) is 12.0 Å². The highest BCUT2D eigenvalue weighted by molar-refractivity contribution is 6.30. The van der Waals surface area contributed by atoms with Crippen LogP contribution in [-0.4, -0.2) is 0 Å². The fraction of sp³-hybridized carbons (Fsp3) is 0.200. The second-order valence-corrected chi connectivity index (χ2v) is 4.46. The number of halogens is 1. The minimum atomic E-state index is 0.345. The zero-order chi connectivity index (χ0) is 12.1. The van der Waals surface area contributed by atoms with Gasteiger partial charge in [-0.15, -0.1) is 0 Å². The third-order valence-electron chi connectivity index (χ3n) is 2.80. The van der Waals surface area contributed by atoms with Crippen LogP contribution in [-0.2, 0) is 0 Å². The van der Waals surface area contributed by atoms with Crippen molar-refractivity contribution in [2.45, 2.75) is 19.4 Å². The Morgan fingerprint density at radius 2 is 1.65 bits per heavy atom. The summed E-state index contributed by atoms with van der Waals surface area (Å²) in [5.74, 6) is 0. The van der Waals surface area contributed by atoms with E-state index in [1.165, 1.54) is 5.56 Å². The second kappa shape index (κ2) is 5.74. The zero-order valence-corrected chi connectivity index (χ0v) is 10.6. The van der Waals surface area contributed by atoms with Gasteiger partial charge in [-0.3, -0.25) is 0 Å². The molecular formula is C15H16ClN. The number of hydrogen-bond acceptors (Lipinski definition) is 1. The number of hydrogen-bond donors (Lipinski definition) is 1. The van der Waals surface area contributed by atoms with Crippen LogP contribution in [0.1, 0.15) is 24.9 Å². The second-order valence-electron chi connectivity index (χ2n) is 4.02. The average molecular weight is 246 g/mol. The molecule has 0 saturated heterocycles. The Kier molecular flexibility index (Phi) is 4.05. The fourth-order valence-corrected chi connectivity index (χ4v) is 1.98. The lowest BCUT2D eigenvalue weighted by atomic mass is 10.0. The summed E-state index contributed by atoms with van der Waals surface area (Å²) in [6, 6.07) is 18.7. The minimum absolute atomic E-state index is 0.345. The molecule has 2 aromatic carbocycles. The van der Waals surface area contributed by atoms with Crippen LogP contribution in [0.4, 0.5) is 5.69 Å². The predicted octanol–water partition coefficient (Wildman–Crippen LogP) is 4.90. The van der Waals surface area contributed by atoms with Gasteiger partial charge in [-0.25, -0.2) is 0 Å². The maximum atomic E-state index is 5.87. The van der Waals surface area contributed by atoms with Crippen LogP contribution in [0, 0.1) is 0 Å². The van der Waals surface area contributed by atoms with E-state index in [1.54, 1.807) is 0 Å². The molecule has 17 heavy (non-hydrogen) atoms. The van der Waals surface area contributed by atoms with Gasteiger partial charge in [-0.1, -0.05) is 48.9 Å². The van der Waals surface area contributed by atoms with E-state index in [-0.39, 0.29) is 0 Å². The molecule has 0 aromatic heterocycles. The summed E-state index contributed by atoms with van der Waals surface area (Å²) in [6.07, 6.45) is 1.05. The summed E-state index contributed by atoms with van der Waals surface area (Å²) in [5.41, 5.74) is 2.41. The Hall–Kier alpha value is -1.47. The molecule has 0 heterocycles. The monoisotopic (exact) mass is 245 g/mol. The zero-order valence-electron chi connectivity index (χ0n) is 9.86. The molecule has 0 spiro atoms. The Balaban J connectivity index is 2.13. The van der Waals surface area contributed by atoms with E-state index in [0.717, 1.165) is 17.1 Å². The van der Waals surface area contributed by atoms with Crippen LogP contribution < -0.4 is 5.32 Å². The van der Waals surface area contributed by atoms with E-state index >= 15 is 0 Å². The molecule has 0 aliphatic heterocycles. The third kappa shape index (κ3) is 3.24. The lowest BCUT2D eigenvalue weighted by molar-refractivity contribution is 0.749. The van der Waals surface area contributed by atoms with Gasteiger partial charge in [0.25, 0.3) is 0 Å². The smallest absolute Gasteiger partial charge is 0.0511 e. The van der Waals surface area contributed by atoms with E-state index in [4.69, 9.17) is 11.6 Å². The molecule has 2 aromatic rings. The van der Waals surface area contributed by atoms with Gasteiger partial charge in [0.05, 0.1) is 6.04 Å². The molecule has 0 aliphatic rings. The van der Waals surface area contributed by atoms with Crippen molar-refractivity contribution in [3.05, 3.63) is 65.2 Å². The molecular weight excluding hydrogens is 230 g/mol. The Labute approximate surface area is 107 Å². The molecule has 0 amide bonds. The van der Waals surface area contributed by atoms with Crippen molar-refractivity contribution >= 4 is 17.3 Å². The summed E-state index contributed by atoms with van der Waals surface area (Å²) in [4.78, 5) is 0. The highest BCUT2D eigenvalue weighted by atomic mass is 35.5.